The second kappa shape index (κ2) is 9.72. The van der Waals surface area contributed by atoms with Crippen LogP contribution >= 0.6 is 27.4 Å². The average Bonchev–Trinajstić information content (AvgIpc) is 3.17. The molecule has 11 nitrogen and oxygen atoms in total. The van der Waals surface area contributed by atoms with E-state index in [0.29, 0.717) is 12.8 Å². The average molecular weight is 480 g/mol. The number of thioether (sulfide) groups is 1. The fourth-order valence-corrected chi connectivity index (χ4v) is 6.83. The predicted molar refractivity (Wildman–Crippen MR) is 108 cm³/mol. The minimum absolute atomic E-state index is 0.0397. The minimum Gasteiger partial charge on any atom is -0.395 e. The third kappa shape index (κ3) is 6.73. The number of carbonyl (C=O) groups is 2. The Labute approximate surface area is 177 Å². The first-order valence-electron chi connectivity index (χ1n) is 9.16. The summed E-state index contributed by atoms with van der Waals surface area (Å²) in [7, 11) is -10.1. The van der Waals surface area contributed by atoms with Gasteiger partial charge in [-0.05, 0) is 25.0 Å². The Morgan fingerprint density at radius 2 is 1.90 bits per heavy atom. The third-order valence-electron chi connectivity index (χ3n) is 4.44. The molecule has 0 bridgehead atoms. The van der Waals surface area contributed by atoms with Crippen molar-refractivity contribution in [2.24, 2.45) is 0 Å². The smallest absolute Gasteiger partial charge is 0.395 e. The van der Waals surface area contributed by atoms with Gasteiger partial charge in [-0.15, -0.1) is 0 Å². The number of phosphoric ester groups is 1. The van der Waals surface area contributed by atoms with Crippen LogP contribution in [0.1, 0.15) is 25.7 Å². The fraction of sp³-hybridized carbons (Fsp3) is 0.500. The van der Waals surface area contributed by atoms with Gasteiger partial charge in [0.1, 0.15) is 5.75 Å². The number of benzene rings is 1. The first kappa shape index (κ1) is 23.1. The highest BCUT2D eigenvalue weighted by Gasteiger charge is 2.43. The quantitative estimate of drug-likeness (QED) is 0.223. The number of rotatable bonds is 10. The van der Waals surface area contributed by atoms with Gasteiger partial charge in [-0.25, -0.2) is 13.9 Å². The minimum atomic E-state index is -5.25. The molecule has 166 valence electrons. The molecule has 2 aliphatic rings. The molecule has 14 heteroatoms. The van der Waals surface area contributed by atoms with Crippen molar-refractivity contribution >= 4 is 39.4 Å². The number of phosphoric acid groups is 2. The van der Waals surface area contributed by atoms with Crippen molar-refractivity contribution in [3.05, 3.63) is 30.3 Å². The van der Waals surface area contributed by atoms with E-state index in [-0.39, 0.29) is 35.5 Å². The summed E-state index contributed by atoms with van der Waals surface area (Å²) in [5.74, 6) is -0.173. The maximum Gasteiger partial charge on any atom is 0.598 e. The van der Waals surface area contributed by atoms with Gasteiger partial charge >= 0.3 is 27.6 Å². The van der Waals surface area contributed by atoms with Gasteiger partial charge in [-0.1, -0.05) is 24.6 Å². The molecule has 2 saturated heterocycles. The Morgan fingerprint density at radius 1 is 1.17 bits per heavy atom. The molecule has 2 heterocycles. The molecule has 1 unspecified atom stereocenters. The first-order valence-corrected chi connectivity index (χ1v) is 13.2. The van der Waals surface area contributed by atoms with Crippen molar-refractivity contribution in [3.63, 3.8) is 0 Å². The highest BCUT2D eigenvalue weighted by molar-refractivity contribution is 8.00. The molecule has 30 heavy (non-hydrogen) atoms. The molecule has 4 N–H and O–H groups in total. The van der Waals surface area contributed by atoms with Crippen molar-refractivity contribution in [1.82, 2.24) is 10.6 Å². The largest absolute Gasteiger partial charge is 0.598 e. The number of para-hydroxylation sites is 1. The van der Waals surface area contributed by atoms with Gasteiger partial charge < -0.3 is 29.5 Å². The molecular formula is C16H22N2O9P2S. The molecule has 0 spiro atoms. The van der Waals surface area contributed by atoms with Gasteiger partial charge in [0.15, 0.2) is 0 Å². The topological polar surface area (TPSA) is 160 Å². The highest BCUT2D eigenvalue weighted by Crippen LogP contribution is 2.61. The summed E-state index contributed by atoms with van der Waals surface area (Å²) in [5, 5.41) is 5.97. The number of amides is 2. The molecule has 2 fully saturated rings. The number of unbranched alkanes of at least 4 members (excludes halogenated alkanes) is 1. The van der Waals surface area contributed by atoms with E-state index in [1.807, 2.05) is 0 Å². The zero-order valence-corrected chi connectivity index (χ0v) is 18.3. The molecule has 2 aliphatic heterocycles. The van der Waals surface area contributed by atoms with E-state index in [1.54, 1.807) is 17.8 Å². The van der Waals surface area contributed by atoms with Gasteiger partial charge in [-0.3, -0.25) is 4.79 Å². The Morgan fingerprint density at radius 3 is 2.60 bits per heavy atom. The highest BCUT2D eigenvalue weighted by atomic mass is 32.2. The normalized spacial score (nSPS) is 25.0. The van der Waals surface area contributed by atoms with Crippen LogP contribution in [0.5, 0.6) is 5.75 Å². The van der Waals surface area contributed by atoms with Crippen LogP contribution in [0.3, 0.4) is 0 Å². The summed E-state index contributed by atoms with van der Waals surface area (Å²) in [5.41, 5.74) is 0. The molecule has 0 aromatic heterocycles. The maximum atomic E-state index is 12.6. The van der Waals surface area contributed by atoms with E-state index in [2.05, 4.69) is 19.5 Å². The van der Waals surface area contributed by atoms with Gasteiger partial charge in [-0.2, -0.15) is 16.1 Å². The number of carbonyl (C=O) groups excluding carboxylic acids is 2. The van der Waals surface area contributed by atoms with Crippen molar-refractivity contribution in [2.75, 3.05) is 5.75 Å². The second-order valence-corrected chi connectivity index (χ2v) is 10.9. The molecule has 0 radical (unpaired) electrons. The maximum absolute atomic E-state index is 12.6. The lowest BCUT2D eigenvalue weighted by Gasteiger charge is -2.18. The van der Waals surface area contributed by atoms with Crippen LogP contribution < -0.4 is 15.2 Å². The standard InChI is InChI=1S/C16H22N2O9P2S/c19-14(9-5-4-8-13-15-12(10-30-13)17-16(20)18-15)26-29(24,27-28(21,22)23)25-11-6-2-1-3-7-11/h1-3,6-7,12-13,15H,4-5,8-10H2,(H2,17,18,20)(H2,21,22,23)/t12-,13-,15-,29?/m0/s1. The lowest BCUT2D eigenvalue weighted by Crippen LogP contribution is -2.36. The van der Waals surface area contributed by atoms with E-state index in [1.165, 1.54) is 24.3 Å². The fourth-order valence-electron chi connectivity index (χ4n) is 3.22. The number of nitrogens with one attached hydrogen (secondary N) is 2. The summed E-state index contributed by atoms with van der Waals surface area (Å²) >= 11 is 1.75. The van der Waals surface area contributed by atoms with Crippen molar-refractivity contribution in [2.45, 2.75) is 43.0 Å². The van der Waals surface area contributed by atoms with Crippen molar-refractivity contribution < 1.29 is 41.9 Å². The Balaban J connectivity index is 1.47. The second-order valence-electron chi connectivity index (χ2n) is 6.75. The number of urea groups is 1. The molecule has 2 amide bonds. The van der Waals surface area contributed by atoms with Crippen LogP contribution in [0, 0.1) is 0 Å². The lowest BCUT2D eigenvalue weighted by atomic mass is 10.0. The van der Waals surface area contributed by atoms with E-state index >= 15 is 0 Å². The van der Waals surface area contributed by atoms with E-state index in [0.717, 1.165) is 12.2 Å². The van der Waals surface area contributed by atoms with Crippen LogP contribution in [-0.4, -0.2) is 44.9 Å². The Bertz CT molecular complexity index is 866. The van der Waals surface area contributed by atoms with Gasteiger partial charge in [0.2, 0.25) is 0 Å². The summed E-state index contributed by atoms with van der Waals surface area (Å²) < 4.78 is 37.5. The molecular weight excluding hydrogens is 458 g/mol. The lowest BCUT2D eigenvalue weighted by molar-refractivity contribution is -0.135. The number of hydrogen-bond donors (Lipinski definition) is 4. The van der Waals surface area contributed by atoms with Gasteiger partial charge in [0.05, 0.1) is 12.1 Å². The summed E-state index contributed by atoms with van der Waals surface area (Å²) in [6.07, 6.45) is 1.67. The zero-order valence-electron chi connectivity index (χ0n) is 15.7. The van der Waals surface area contributed by atoms with Crippen molar-refractivity contribution in [1.29, 1.82) is 0 Å². The molecule has 3 rings (SSSR count). The van der Waals surface area contributed by atoms with E-state index < -0.39 is 21.6 Å². The monoisotopic (exact) mass is 480 g/mol. The zero-order chi connectivity index (χ0) is 21.8. The van der Waals surface area contributed by atoms with Crippen molar-refractivity contribution in [3.8, 4) is 5.75 Å². The Hall–Kier alpha value is -1.55. The Kier molecular flexibility index (Phi) is 7.49. The van der Waals surface area contributed by atoms with E-state index in [4.69, 9.17) is 14.3 Å². The molecule has 0 aliphatic carbocycles. The van der Waals surface area contributed by atoms with Gasteiger partial charge in [0.25, 0.3) is 0 Å². The number of hydrogen-bond acceptors (Lipinski definition) is 8. The molecule has 0 saturated carbocycles. The first-order chi connectivity index (χ1) is 14.1. The predicted octanol–water partition coefficient (Wildman–Crippen LogP) is 2.55. The van der Waals surface area contributed by atoms with Crippen LogP contribution in [0.15, 0.2) is 30.3 Å². The SMILES string of the molecule is O=C1N[C@H]2[C@H](CS[C@H]2CCCCC(=O)OP(=O)(Oc2ccccc2)OP(=O)(O)O)N1. The molecule has 4 atom stereocenters. The molecule has 1 aromatic carbocycles. The third-order valence-corrected chi connectivity index (χ3v) is 8.46. The summed E-state index contributed by atoms with van der Waals surface area (Å²) in [4.78, 5) is 41.4. The molecule has 1 aromatic rings. The van der Waals surface area contributed by atoms with Crippen LogP contribution in [0.4, 0.5) is 4.79 Å². The van der Waals surface area contributed by atoms with Crippen LogP contribution in [0.25, 0.3) is 0 Å². The van der Waals surface area contributed by atoms with Crippen LogP contribution in [0.2, 0.25) is 0 Å². The van der Waals surface area contributed by atoms with Gasteiger partial charge in [0, 0.05) is 17.4 Å². The van der Waals surface area contributed by atoms with E-state index in [9.17, 15) is 18.7 Å². The summed E-state index contributed by atoms with van der Waals surface area (Å²) in [6.45, 7) is 0. The van der Waals surface area contributed by atoms with Crippen LogP contribution in [-0.2, 0) is 22.8 Å². The summed E-state index contributed by atoms with van der Waals surface area (Å²) in [6, 6.07) is 7.46. The number of fused-ring (bicyclic) bond motifs is 1.